The van der Waals surface area contributed by atoms with E-state index < -0.39 is 5.82 Å². The highest BCUT2D eigenvalue weighted by atomic mass is 35.5. The molecule has 0 aliphatic heterocycles. The van der Waals surface area contributed by atoms with Gasteiger partial charge in [0, 0.05) is 6.07 Å². The van der Waals surface area contributed by atoms with Gasteiger partial charge in [0.15, 0.2) is 0 Å². The molecule has 106 valence electrons. The zero-order valence-corrected chi connectivity index (χ0v) is 11.5. The summed E-state index contributed by atoms with van der Waals surface area (Å²) >= 11 is 5.60. The van der Waals surface area contributed by atoms with Crippen molar-refractivity contribution in [2.45, 2.75) is 13.0 Å². The molecule has 0 spiro atoms. The average Bonchev–Trinajstić information content (AvgIpc) is 2.40. The van der Waals surface area contributed by atoms with E-state index >= 15 is 0 Å². The molecule has 0 saturated heterocycles. The highest BCUT2D eigenvalue weighted by Gasteiger charge is 2.04. The predicted molar refractivity (Wildman–Crippen MR) is 74.9 cm³/mol. The maximum atomic E-state index is 13.4. The Labute approximate surface area is 121 Å². The van der Waals surface area contributed by atoms with Crippen molar-refractivity contribution in [1.29, 1.82) is 0 Å². The number of benzene rings is 2. The normalized spacial score (nSPS) is 10.6. The van der Waals surface area contributed by atoms with Crippen molar-refractivity contribution in [2.24, 2.45) is 5.73 Å². The van der Waals surface area contributed by atoms with E-state index in [1.165, 1.54) is 24.3 Å². The van der Waals surface area contributed by atoms with Gasteiger partial charge in [0.25, 0.3) is 0 Å². The molecule has 0 unspecified atom stereocenters. The van der Waals surface area contributed by atoms with E-state index in [-0.39, 0.29) is 17.4 Å². The Hall–Kier alpha value is -1.65. The van der Waals surface area contributed by atoms with Crippen LogP contribution in [0.5, 0.6) is 5.75 Å². The molecule has 20 heavy (non-hydrogen) atoms. The third kappa shape index (κ3) is 3.92. The van der Waals surface area contributed by atoms with Crippen molar-refractivity contribution in [2.75, 3.05) is 6.54 Å². The second kappa shape index (κ2) is 6.68. The Kier molecular flexibility index (Phi) is 4.93. The highest BCUT2D eigenvalue weighted by molar-refractivity contribution is 6.30. The first-order valence-electron chi connectivity index (χ1n) is 6.15. The fraction of sp³-hybridized carbons (Fsp3) is 0.200. The molecule has 2 nitrogen and oxygen atoms in total. The van der Waals surface area contributed by atoms with Gasteiger partial charge < -0.3 is 10.5 Å². The summed E-state index contributed by atoms with van der Waals surface area (Å²) in [5, 5.41) is 0.0599. The minimum Gasteiger partial charge on any atom is -0.489 e. The van der Waals surface area contributed by atoms with Crippen LogP contribution >= 0.6 is 11.6 Å². The molecule has 0 atom stereocenters. The van der Waals surface area contributed by atoms with Gasteiger partial charge in [-0.15, -0.1) is 0 Å². The van der Waals surface area contributed by atoms with Crippen molar-refractivity contribution in [3.63, 3.8) is 0 Å². The Morgan fingerprint density at radius 3 is 2.55 bits per heavy atom. The van der Waals surface area contributed by atoms with Crippen molar-refractivity contribution < 1.29 is 13.5 Å². The molecule has 2 rings (SSSR count). The lowest BCUT2D eigenvalue weighted by Gasteiger charge is -2.09. The van der Waals surface area contributed by atoms with Crippen LogP contribution in [-0.4, -0.2) is 6.54 Å². The Morgan fingerprint density at radius 2 is 1.85 bits per heavy atom. The minimum atomic E-state index is -0.504. The molecule has 0 aliphatic rings. The number of hydrogen-bond donors (Lipinski definition) is 1. The van der Waals surface area contributed by atoms with Gasteiger partial charge in [0.1, 0.15) is 24.0 Å². The Morgan fingerprint density at radius 1 is 1.05 bits per heavy atom. The monoisotopic (exact) mass is 297 g/mol. The summed E-state index contributed by atoms with van der Waals surface area (Å²) in [6.07, 6.45) is 0.573. The first-order valence-corrected chi connectivity index (χ1v) is 6.52. The highest BCUT2D eigenvalue weighted by Crippen LogP contribution is 2.20. The quantitative estimate of drug-likeness (QED) is 0.913. The van der Waals surface area contributed by atoms with Crippen LogP contribution in [0.15, 0.2) is 36.4 Å². The third-order valence-electron chi connectivity index (χ3n) is 2.75. The molecule has 0 saturated carbocycles. The molecular formula is C15H14ClF2NO. The third-order valence-corrected chi connectivity index (χ3v) is 3.06. The van der Waals surface area contributed by atoms with Crippen LogP contribution in [0, 0.1) is 11.6 Å². The molecule has 0 amide bonds. The van der Waals surface area contributed by atoms with Crippen molar-refractivity contribution >= 4 is 11.6 Å². The summed E-state index contributed by atoms with van der Waals surface area (Å²) in [6, 6.07) is 8.84. The lowest BCUT2D eigenvalue weighted by Crippen LogP contribution is -2.04. The smallest absolute Gasteiger partial charge is 0.142 e. The SMILES string of the molecule is NCCc1cc(F)cc(OCc2ccc(Cl)c(F)c2)c1. The van der Waals surface area contributed by atoms with Gasteiger partial charge in [-0.25, -0.2) is 8.78 Å². The molecule has 0 radical (unpaired) electrons. The fourth-order valence-corrected chi connectivity index (χ4v) is 1.93. The average molecular weight is 298 g/mol. The second-order valence-electron chi connectivity index (χ2n) is 4.37. The molecule has 5 heteroatoms. The van der Waals surface area contributed by atoms with Crippen molar-refractivity contribution in [3.8, 4) is 5.75 Å². The van der Waals surface area contributed by atoms with Gasteiger partial charge >= 0.3 is 0 Å². The van der Waals surface area contributed by atoms with E-state index in [4.69, 9.17) is 22.1 Å². The van der Waals surface area contributed by atoms with E-state index in [0.717, 1.165) is 5.56 Å². The Bertz CT molecular complexity index is 604. The van der Waals surface area contributed by atoms with Crippen molar-refractivity contribution in [3.05, 3.63) is 64.2 Å². The van der Waals surface area contributed by atoms with Crippen LogP contribution < -0.4 is 10.5 Å². The lowest BCUT2D eigenvalue weighted by molar-refractivity contribution is 0.303. The zero-order chi connectivity index (χ0) is 14.5. The lowest BCUT2D eigenvalue weighted by atomic mass is 10.1. The van der Waals surface area contributed by atoms with Gasteiger partial charge in [-0.2, -0.15) is 0 Å². The topological polar surface area (TPSA) is 35.2 Å². The molecule has 2 N–H and O–H groups in total. The molecule has 2 aromatic carbocycles. The largest absolute Gasteiger partial charge is 0.489 e. The molecular weight excluding hydrogens is 284 g/mol. The van der Waals surface area contributed by atoms with Crippen LogP contribution in [0.4, 0.5) is 8.78 Å². The molecule has 0 heterocycles. The summed E-state index contributed by atoms with van der Waals surface area (Å²) in [5.74, 6) is -0.493. The molecule has 2 aromatic rings. The first kappa shape index (κ1) is 14.8. The first-order chi connectivity index (χ1) is 9.58. The van der Waals surface area contributed by atoms with E-state index in [1.807, 2.05) is 0 Å². The molecule has 0 bridgehead atoms. The number of rotatable bonds is 5. The van der Waals surface area contributed by atoms with Crippen LogP contribution in [-0.2, 0) is 13.0 Å². The minimum absolute atomic E-state index is 0.0599. The van der Waals surface area contributed by atoms with Gasteiger partial charge in [0.05, 0.1) is 5.02 Å². The van der Waals surface area contributed by atoms with Crippen LogP contribution in [0.3, 0.4) is 0 Å². The predicted octanol–water partition coefficient (Wildman–Crippen LogP) is 3.70. The van der Waals surface area contributed by atoms with E-state index in [2.05, 4.69) is 0 Å². The van der Waals surface area contributed by atoms with Gasteiger partial charge in [-0.3, -0.25) is 0 Å². The van der Waals surface area contributed by atoms with E-state index in [1.54, 1.807) is 12.1 Å². The summed E-state index contributed by atoms with van der Waals surface area (Å²) in [6.45, 7) is 0.574. The van der Waals surface area contributed by atoms with E-state index in [0.29, 0.717) is 24.3 Å². The van der Waals surface area contributed by atoms with Crippen LogP contribution in [0.2, 0.25) is 5.02 Å². The summed E-state index contributed by atoms with van der Waals surface area (Å²) < 4.78 is 32.1. The second-order valence-corrected chi connectivity index (χ2v) is 4.78. The zero-order valence-electron chi connectivity index (χ0n) is 10.7. The van der Waals surface area contributed by atoms with E-state index in [9.17, 15) is 8.78 Å². The number of nitrogens with two attached hydrogens (primary N) is 1. The maximum Gasteiger partial charge on any atom is 0.142 e. The van der Waals surface area contributed by atoms with Crippen LogP contribution in [0.1, 0.15) is 11.1 Å². The molecule has 0 aliphatic carbocycles. The number of halogens is 3. The van der Waals surface area contributed by atoms with Gasteiger partial charge in [-0.05, 0) is 48.4 Å². The van der Waals surface area contributed by atoms with Crippen LogP contribution in [0.25, 0.3) is 0 Å². The standard InChI is InChI=1S/C15H14ClF2NO/c16-14-2-1-11(7-15(14)18)9-20-13-6-10(3-4-19)5-12(17)8-13/h1-2,5-8H,3-4,9,19H2. The van der Waals surface area contributed by atoms with Crippen molar-refractivity contribution in [1.82, 2.24) is 0 Å². The van der Waals surface area contributed by atoms with Gasteiger partial charge in [-0.1, -0.05) is 17.7 Å². The number of hydrogen-bond acceptors (Lipinski definition) is 2. The van der Waals surface area contributed by atoms with Gasteiger partial charge in [0.2, 0.25) is 0 Å². The Balaban J connectivity index is 2.08. The molecule has 0 aromatic heterocycles. The fourth-order valence-electron chi connectivity index (χ4n) is 1.81. The molecule has 0 fully saturated rings. The summed E-state index contributed by atoms with van der Waals surface area (Å²) in [5.41, 5.74) is 6.83. The summed E-state index contributed by atoms with van der Waals surface area (Å²) in [7, 11) is 0. The summed E-state index contributed by atoms with van der Waals surface area (Å²) in [4.78, 5) is 0. The maximum absolute atomic E-state index is 13.4. The number of ether oxygens (including phenoxy) is 1.